The van der Waals surface area contributed by atoms with Gasteiger partial charge in [0.15, 0.2) is 0 Å². The van der Waals surface area contributed by atoms with Crippen molar-refractivity contribution in [3.63, 3.8) is 0 Å². The Labute approximate surface area is 381 Å². The van der Waals surface area contributed by atoms with Crippen molar-refractivity contribution in [1.82, 2.24) is 0 Å². The molecule has 0 amide bonds. The maximum absolute atomic E-state index is 2.69. The summed E-state index contributed by atoms with van der Waals surface area (Å²) in [6, 6.07) is 43.9. The summed E-state index contributed by atoms with van der Waals surface area (Å²) >= 11 is 0. The van der Waals surface area contributed by atoms with Gasteiger partial charge in [0.2, 0.25) is 0 Å². The Morgan fingerprint density at radius 1 is 0.476 bits per heavy atom. The molecule has 0 spiro atoms. The standard InChI is InChI=1S/C60H71BN2/c1-37(2)39-29-53-55-54(30-39)63(50-27-25-44(58(9,10)11)33-47(50)38-20-22-42(23-21-38)56(3,4)5)51-31-41-36-60(15,16)35-40(41)28-49(51)61(55)48-26-24-45(59(12,13)14)34-52(48)62(53)46-19-17-18-43(32-46)57(6,7)8/h17-34,37H,35-36H2,1-16H3. The second kappa shape index (κ2) is 14.5. The van der Waals surface area contributed by atoms with Crippen LogP contribution in [0.4, 0.5) is 34.1 Å². The molecule has 2 heterocycles. The van der Waals surface area contributed by atoms with Crippen molar-refractivity contribution in [2.24, 2.45) is 5.41 Å². The van der Waals surface area contributed by atoms with Crippen LogP contribution in [0.5, 0.6) is 0 Å². The van der Waals surface area contributed by atoms with E-state index in [1.54, 1.807) is 0 Å². The number of hydrogen-bond acceptors (Lipinski definition) is 2. The highest BCUT2D eigenvalue weighted by molar-refractivity contribution is 7.00. The lowest BCUT2D eigenvalue weighted by molar-refractivity contribution is 0.392. The lowest BCUT2D eigenvalue weighted by Crippen LogP contribution is -2.61. The molecule has 0 saturated heterocycles. The molecule has 0 fully saturated rings. The van der Waals surface area contributed by atoms with E-state index in [0.717, 1.165) is 12.8 Å². The number of fused-ring (bicyclic) bond motifs is 5. The zero-order valence-electron chi connectivity index (χ0n) is 41.4. The van der Waals surface area contributed by atoms with Gasteiger partial charge in [-0.15, -0.1) is 0 Å². The van der Waals surface area contributed by atoms with E-state index in [1.165, 1.54) is 101 Å². The third kappa shape index (κ3) is 7.56. The fraction of sp³-hybridized carbons (Fsp3) is 0.400. The quantitative estimate of drug-likeness (QED) is 0.163. The van der Waals surface area contributed by atoms with Crippen LogP contribution in [0.2, 0.25) is 0 Å². The van der Waals surface area contributed by atoms with Crippen LogP contribution < -0.4 is 26.2 Å². The average Bonchev–Trinajstić information content (AvgIpc) is 3.50. The second-order valence-corrected chi connectivity index (χ2v) is 24.6. The fourth-order valence-electron chi connectivity index (χ4n) is 10.6. The van der Waals surface area contributed by atoms with Crippen molar-refractivity contribution in [2.45, 2.75) is 151 Å². The number of nitrogens with zero attached hydrogens (tertiary/aromatic N) is 2. The molecule has 6 aromatic carbocycles. The summed E-state index contributed by atoms with van der Waals surface area (Å²) in [6.45, 7) is 37.7. The van der Waals surface area contributed by atoms with E-state index in [2.05, 4.69) is 230 Å². The third-order valence-electron chi connectivity index (χ3n) is 14.4. The lowest BCUT2D eigenvalue weighted by atomic mass is 9.33. The molecule has 0 radical (unpaired) electrons. The van der Waals surface area contributed by atoms with Crippen LogP contribution in [0.3, 0.4) is 0 Å². The van der Waals surface area contributed by atoms with Gasteiger partial charge in [0, 0.05) is 34.0 Å². The molecule has 2 nitrogen and oxygen atoms in total. The van der Waals surface area contributed by atoms with Crippen LogP contribution >= 0.6 is 0 Å². The van der Waals surface area contributed by atoms with Crippen molar-refractivity contribution < 1.29 is 0 Å². The topological polar surface area (TPSA) is 6.48 Å². The normalized spacial score (nSPS) is 15.7. The zero-order valence-corrected chi connectivity index (χ0v) is 41.4. The zero-order chi connectivity index (χ0) is 45.3. The van der Waals surface area contributed by atoms with Crippen molar-refractivity contribution in [1.29, 1.82) is 0 Å². The van der Waals surface area contributed by atoms with Gasteiger partial charge in [0.25, 0.3) is 6.71 Å². The second-order valence-electron chi connectivity index (χ2n) is 24.6. The molecule has 324 valence electrons. The fourth-order valence-corrected chi connectivity index (χ4v) is 10.6. The van der Waals surface area contributed by atoms with Gasteiger partial charge in [-0.25, -0.2) is 0 Å². The van der Waals surface area contributed by atoms with Gasteiger partial charge in [-0.1, -0.05) is 171 Å². The van der Waals surface area contributed by atoms with Gasteiger partial charge in [-0.2, -0.15) is 0 Å². The number of hydrogen-bond donors (Lipinski definition) is 0. The summed E-state index contributed by atoms with van der Waals surface area (Å²) < 4.78 is 0. The minimum Gasteiger partial charge on any atom is -0.311 e. The third-order valence-corrected chi connectivity index (χ3v) is 14.4. The molecule has 0 atom stereocenters. The molecule has 3 aliphatic rings. The molecule has 2 aliphatic heterocycles. The maximum atomic E-state index is 2.69. The Morgan fingerprint density at radius 3 is 1.60 bits per heavy atom. The molecule has 63 heavy (non-hydrogen) atoms. The smallest absolute Gasteiger partial charge is 0.252 e. The van der Waals surface area contributed by atoms with E-state index < -0.39 is 0 Å². The predicted molar refractivity (Wildman–Crippen MR) is 276 cm³/mol. The number of rotatable bonds is 4. The van der Waals surface area contributed by atoms with Crippen LogP contribution in [-0.4, -0.2) is 6.71 Å². The molecular weight excluding hydrogens is 759 g/mol. The Bertz CT molecular complexity index is 2770. The number of benzene rings is 6. The van der Waals surface area contributed by atoms with E-state index in [0.29, 0.717) is 5.92 Å². The van der Waals surface area contributed by atoms with E-state index in [1.807, 2.05) is 0 Å². The Hall–Kier alpha value is -5.02. The Morgan fingerprint density at radius 2 is 1.00 bits per heavy atom. The van der Waals surface area contributed by atoms with Gasteiger partial charge < -0.3 is 9.80 Å². The maximum Gasteiger partial charge on any atom is 0.252 e. The first-order chi connectivity index (χ1) is 29.3. The first-order valence-corrected chi connectivity index (χ1v) is 23.7. The molecule has 0 unspecified atom stereocenters. The SMILES string of the molecule is CC(C)c1cc2c3c(c1)N(c1ccc(C(C)(C)C)cc1-c1ccc(C(C)(C)C)cc1)c1cc4c(cc1B3c1ccc(C(C)(C)C)cc1N2c1cccc(C(C)(C)C)c1)CC(C)(C)C4. The lowest BCUT2D eigenvalue weighted by Gasteiger charge is -2.45. The van der Waals surface area contributed by atoms with Crippen molar-refractivity contribution in [3.05, 3.63) is 148 Å². The van der Waals surface area contributed by atoms with Crippen LogP contribution in [0.1, 0.15) is 156 Å². The highest BCUT2D eigenvalue weighted by Crippen LogP contribution is 2.50. The summed E-state index contributed by atoms with van der Waals surface area (Å²) in [5.41, 5.74) is 24.4. The summed E-state index contributed by atoms with van der Waals surface area (Å²) in [5.74, 6) is 0.326. The molecule has 0 N–H and O–H groups in total. The number of anilines is 6. The Balaban J connectivity index is 1.41. The molecule has 0 saturated carbocycles. The van der Waals surface area contributed by atoms with Crippen LogP contribution in [-0.2, 0) is 34.5 Å². The minimum atomic E-state index is -0.00955. The molecule has 9 rings (SSSR count). The first-order valence-electron chi connectivity index (χ1n) is 23.7. The molecule has 1 aliphatic carbocycles. The highest BCUT2D eigenvalue weighted by Gasteiger charge is 2.46. The van der Waals surface area contributed by atoms with E-state index in [9.17, 15) is 0 Å². The van der Waals surface area contributed by atoms with Gasteiger partial charge in [-0.05, 0) is 155 Å². The Kier molecular flexibility index (Phi) is 9.95. The van der Waals surface area contributed by atoms with E-state index in [-0.39, 0.29) is 33.8 Å². The molecule has 0 bridgehead atoms. The van der Waals surface area contributed by atoms with Crippen molar-refractivity contribution in [2.75, 3.05) is 9.80 Å². The van der Waals surface area contributed by atoms with Crippen LogP contribution in [0.15, 0.2) is 109 Å². The van der Waals surface area contributed by atoms with Crippen molar-refractivity contribution in [3.8, 4) is 11.1 Å². The molecule has 3 heteroatoms. The molecule has 0 aromatic heterocycles. The van der Waals surface area contributed by atoms with Crippen LogP contribution in [0.25, 0.3) is 11.1 Å². The van der Waals surface area contributed by atoms with E-state index >= 15 is 0 Å². The van der Waals surface area contributed by atoms with Gasteiger partial charge >= 0.3 is 0 Å². The largest absolute Gasteiger partial charge is 0.311 e. The first kappa shape index (κ1) is 43.2. The summed E-state index contributed by atoms with van der Waals surface area (Å²) in [7, 11) is 0. The van der Waals surface area contributed by atoms with Crippen LogP contribution in [0, 0.1) is 5.41 Å². The summed E-state index contributed by atoms with van der Waals surface area (Å²) in [6.07, 6.45) is 2.19. The van der Waals surface area contributed by atoms with Gasteiger partial charge in [0.05, 0.1) is 5.69 Å². The van der Waals surface area contributed by atoms with Gasteiger partial charge in [-0.3, -0.25) is 0 Å². The van der Waals surface area contributed by atoms with Crippen molar-refractivity contribution >= 4 is 57.2 Å². The summed E-state index contributed by atoms with van der Waals surface area (Å²) in [4.78, 5) is 5.33. The highest BCUT2D eigenvalue weighted by atomic mass is 15.2. The molecule has 6 aromatic rings. The summed E-state index contributed by atoms with van der Waals surface area (Å²) in [5, 5.41) is 0. The minimum absolute atomic E-state index is 0.00639. The molecular formula is C60H71BN2. The predicted octanol–water partition coefficient (Wildman–Crippen LogP) is 14.9. The van der Waals surface area contributed by atoms with E-state index in [4.69, 9.17) is 0 Å². The average molecular weight is 831 g/mol. The van der Waals surface area contributed by atoms with Gasteiger partial charge in [0.1, 0.15) is 0 Å². The monoisotopic (exact) mass is 831 g/mol.